The van der Waals surface area contributed by atoms with Crippen LogP contribution in [0.4, 0.5) is 22.0 Å². The third-order valence-corrected chi connectivity index (χ3v) is 10.6. The molecule has 1 fully saturated rings. The number of piperidine rings is 1. The van der Waals surface area contributed by atoms with E-state index in [4.69, 9.17) is 4.74 Å². The van der Waals surface area contributed by atoms with Crippen molar-refractivity contribution in [2.45, 2.75) is 124 Å². The molecule has 0 radical (unpaired) electrons. The number of likely N-dealkylation sites (N-methyl/N-ethyl adjacent to an activating group) is 1. The summed E-state index contributed by atoms with van der Waals surface area (Å²) in [5, 5.41) is 4.28. The van der Waals surface area contributed by atoms with Crippen LogP contribution in [0.5, 0.6) is 5.75 Å². The van der Waals surface area contributed by atoms with E-state index < -0.39 is 70.7 Å². The fraction of sp³-hybridized carbons (Fsp3) is 0.649. The van der Waals surface area contributed by atoms with Crippen LogP contribution in [0.3, 0.4) is 0 Å². The predicted octanol–water partition coefficient (Wildman–Crippen LogP) is 7.50. The number of hydrogen-bond donors (Lipinski definition) is 1. The molecular formula is C37H51F5N4O6S. The third kappa shape index (κ3) is 11.2. The van der Waals surface area contributed by atoms with E-state index in [1.807, 2.05) is 39.6 Å². The minimum absolute atomic E-state index is 0.0307. The van der Waals surface area contributed by atoms with E-state index in [-0.39, 0.29) is 41.1 Å². The van der Waals surface area contributed by atoms with Gasteiger partial charge in [-0.05, 0) is 44.7 Å². The molecule has 10 nitrogen and oxygen atoms in total. The average Bonchev–Trinajstić information content (AvgIpc) is 3.63. The molecule has 1 aliphatic heterocycles. The highest BCUT2D eigenvalue weighted by molar-refractivity contribution is 7.09. The molecule has 1 N–H and O–H groups in total. The molecule has 1 aromatic heterocycles. The first-order valence-electron chi connectivity index (χ1n) is 18.2. The molecule has 5 atom stereocenters. The first-order chi connectivity index (χ1) is 25.0. The summed E-state index contributed by atoms with van der Waals surface area (Å²) >= 11 is 0.843. The Morgan fingerprint density at radius 3 is 2.19 bits per heavy atom. The normalized spacial score (nSPS) is 17.2. The third-order valence-electron chi connectivity index (χ3n) is 9.69. The molecule has 0 bridgehead atoms. The molecule has 0 spiro atoms. The fourth-order valence-electron chi connectivity index (χ4n) is 6.39. The summed E-state index contributed by atoms with van der Waals surface area (Å²) in [7, 11) is 1.90. The number of nitrogens with one attached hydrogen (secondary N) is 1. The maximum atomic E-state index is 14.7. The molecule has 0 saturated carbocycles. The summed E-state index contributed by atoms with van der Waals surface area (Å²) in [6.45, 7) is 12.1. The molecule has 2 amide bonds. The zero-order valence-corrected chi connectivity index (χ0v) is 32.2. The average molecular weight is 775 g/mol. The molecule has 1 aliphatic rings. The quantitative estimate of drug-likeness (QED) is 0.0414. The number of unbranched alkanes of at least 4 members (excludes halogenated alkanes) is 3. The lowest BCUT2D eigenvalue weighted by molar-refractivity contribution is -0.149. The van der Waals surface area contributed by atoms with Crippen LogP contribution < -0.4 is 10.1 Å². The van der Waals surface area contributed by atoms with Crippen molar-refractivity contribution < 1.29 is 50.6 Å². The number of aromatic nitrogens is 1. The molecule has 2 aromatic rings. The Labute approximate surface area is 311 Å². The van der Waals surface area contributed by atoms with Crippen LogP contribution in [0.2, 0.25) is 0 Å². The topological polar surface area (TPSA) is 118 Å². The Morgan fingerprint density at radius 2 is 1.62 bits per heavy atom. The summed E-state index contributed by atoms with van der Waals surface area (Å²) in [5.41, 5.74) is -0.535. The lowest BCUT2D eigenvalue weighted by Gasteiger charge is -2.40. The Hall–Kier alpha value is -3.66. The number of hydrogen-bond acceptors (Lipinski definition) is 9. The van der Waals surface area contributed by atoms with Crippen molar-refractivity contribution >= 4 is 35.1 Å². The number of ether oxygens (including phenoxy) is 2. The molecule has 0 aliphatic carbocycles. The Kier molecular flexibility index (Phi) is 16.6. The predicted molar refractivity (Wildman–Crippen MR) is 189 cm³/mol. The summed E-state index contributed by atoms with van der Waals surface area (Å²) in [6.07, 6.45) is 5.58. The van der Waals surface area contributed by atoms with Crippen molar-refractivity contribution in [3.05, 3.63) is 45.2 Å². The molecule has 2 heterocycles. The summed E-state index contributed by atoms with van der Waals surface area (Å²) < 4.78 is 79.6. The second-order valence-corrected chi connectivity index (χ2v) is 14.9. The number of thiazole rings is 1. The van der Waals surface area contributed by atoms with Crippen molar-refractivity contribution in [2.24, 2.45) is 11.8 Å². The Morgan fingerprint density at radius 1 is 0.981 bits per heavy atom. The number of halogens is 5. The first-order valence-corrected chi connectivity index (χ1v) is 19.1. The SMILES string of the molecule is CCCCCCN(C(=O)[C@@H](NC(=O)C1CCCCN1C)[C@@H](C)CC)[C@H](C[C@@H](OC(C)=O)c1nc(C(=O)Oc2c(F)c(F)c(F)c(F)c2F)cs1)C(C)C. The van der Waals surface area contributed by atoms with Crippen molar-refractivity contribution in [3.63, 3.8) is 0 Å². The van der Waals surface area contributed by atoms with Crippen LogP contribution in [0, 0.1) is 40.9 Å². The molecule has 1 saturated heterocycles. The Balaban J connectivity index is 1.96. The molecule has 1 aromatic carbocycles. The number of benzene rings is 1. The van der Waals surface area contributed by atoms with E-state index in [1.54, 1.807) is 4.90 Å². The second kappa shape index (κ2) is 20.1. The van der Waals surface area contributed by atoms with Gasteiger partial charge in [0, 0.05) is 31.3 Å². The first kappa shape index (κ1) is 43.7. The van der Waals surface area contributed by atoms with Crippen LogP contribution in [0.15, 0.2) is 5.38 Å². The summed E-state index contributed by atoms with van der Waals surface area (Å²) in [5.74, 6) is -16.5. The van der Waals surface area contributed by atoms with Gasteiger partial charge >= 0.3 is 11.9 Å². The molecule has 296 valence electrons. The zero-order valence-electron chi connectivity index (χ0n) is 31.4. The van der Waals surface area contributed by atoms with Gasteiger partial charge in [-0.15, -0.1) is 11.3 Å². The van der Waals surface area contributed by atoms with E-state index >= 15 is 0 Å². The van der Waals surface area contributed by atoms with E-state index in [1.165, 1.54) is 6.92 Å². The van der Waals surface area contributed by atoms with Crippen LogP contribution >= 0.6 is 11.3 Å². The van der Waals surface area contributed by atoms with Crippen LogP contribution in [0.1, 0.15) is 121 Å². The maximum absolute atomic E-state index is 14.7. The molecule has 16 heteroatoms. The van der Waals surface area contributed by atoms with Crippen molar-refractivity contribution in [3.8, 4) is 5.75 Å². The van der Waals surface area contributed by atoms with Gasteiger partial charge in [0.1, 0.15) is 11.0 Å². The smallest absolute Gasteiger partial charge is 0.363 e. The number of nitrogens with zero attached hydrogens (tertiary/aromatic N) is 3. The molecule has 3 rings (SSSR count). The van der Waals surface area contributed by atoms with Crippen molar-refractivity contribution in [2.75, 3.05) is 20.1 Å². The van der Waals surface area contributed by atoms with Crippen LogP contribution in [0.25, 0.3) is 0 Å². The maximum Gasteiger partial charge on any atom is 0.363 e. The highest BCUT2D eigenvalue weighted by Gasteiger charge is 2.39. The molecule has 1 unspecified atom stereocenters. The summed E-state index contributed by atoms with van der Waals surface area (Å²) in [6, 6.07) is -1.73. The second-order valence-electron chi connectivity index (χ2n) is 14.0. The number of esters is 2. The minimum atomic E-state index is -2.41. The van der Waals surface area contributed by atoms with Gasteiger partial charge in [0.25, 0.3) is 0 Å². The highest BCUT2D eigenvalue weighted by Crippen LogP contribution is 2.33. The van der Waals surface area contributed by atoms with Crippen molar-refractivity contribution in [1.29, 1.82) is 0 Å². The Bertz CT molecular complexity index is 1560. The van der Waals surface area contributed by atoms with E-state index in [9.17, 15) is 41.1 Å². The molecule has 53 heavy (non-hydrogen) atoms. The molecular weight excluding hydrogens is 723 g/mol. The minimum Gasteiger partial charge on any atom is -0.455 e. The summed E-state index contributed by atoms with van der Waals surface area (Å²) in [4.78, 5) is 61.3. The number of amides is 2. The van der Waals surface area contributed by atoms with Crippen LogP contribution in [-0.2, 0) is 19.1 Å². The lowest BCUT2D eigenvalue weighted by atomic mass is 9.91. The monoisotopic (exact) mass is 774 g/mol. The largest absolute Gasteiger partial charge is 0.455 e. The number of likely N-dealkylation sites (tertiary alicyclic amines) is 1. The zero-order chi connectivity index (χ0) is 39.6. The van der Waals surface area contributed by atoms with Gasteiger partial charge in [-0.1, -0.05) is 66.7 Å². The number of carbonyl (C=O) groups excluding carboxylic acids is 4. The van der Waals surface area contributed by atoms with Gasteiger partial charge < -0.3 is 19.7 Å². The van der Waals surface area contributed by atoms with Crippen molar-refractivity contribution in [1.82, 2.24) is 20.1 Å². The standard InChI is InChI=1S/C37H51F5N4O6S/c1-8-10-11-13-17-46(36(49)32(21(5)9-2)44-34(48)24-15-12-14-16-45(24)7)25(20(3)4)18-26(51-22(6)47)35-43-23(19-53-35)37(50)52-33-30(41)28(39)27(38)29(40)31(33)42/h19-21,24-26,32H,8-18H2,1-7H3,(H,44,48)/t21-,24?,25+,26+,32-/m0/s1. The van der Waals surface area contributed by atoms with Crippen LogP contribution in [-0.4, -0.2) is 76.8 Å². The lowest BCUT2D eigenvalue weighted by Crippen LogP contribution is -2.59. The van der Waals surface area contributed by atoms with Gasteiger partial charge in [0.05, 0.1) is 6.04 Å². The number of rotatable bonds is 18. The highest BCUT2D eigenvalue weighted by atomic mass is 32.1. The van der Waals surface area contributed by atoms with Gasteiger partial charge in [0.15, 0.2) is 11.8 Å². The van der Waals surface area contributed by atoms with E-state index in [2.05, 4.69) is 22.0 Å². The van der Waals surface area contributed by atoms with Gasteiger partial charge in [-0.2, -0.15) is 8.78 Å². The fourth-order valence-corrected chi connectivity index (χ4v) is 7.22. The number of carbonyl (C=O) groups is 4. The van der Waals surface area contributed by atoms with E-state index in [0.29, 0.717) is 25.8 Å². The van der Waals surface area contributed by atoms with Gasteiger partial charge in [-0.3, -0.25) is 19.3 Å². The van der Waals surface area contributed by atoms with Gasteiger partial charge in [0.2, 0.25) is 46.6 Å². The van der Waals surface area contributed by atoms with E-state index in [0.717, 1.165) is 55.4 Å². The van der Waals surface area contributed by atoms with Gasteiger partial charge in [-0.25, -0.2) is 22.9 Å².